The van der Waals surface area contributed by atoms with Crippen LogP contribution in [-0.4, -0.2) is 18.4 Å². The van der Waals surface area contributed by atoms with Crippen LogP contribution in [0.5, 0.6) is 0 Å². The molecule has 0 aromatic heterocycles. The summed E-state index contributed by atoms with van der Waals surface area (Å²) in [6.45, 7) is -0.424. The summed E-state index contributed by atoms with van der Waals surface area (Å²) >= 11 is 5.84. The van der Waals surface area contributed by atoms with E-state index in [0.29, 0.717) is 17.5 Å². The van der Waals surface area contributed by atoms with Crippen molar-refractivity contribution in [2.75, 3.05) is 11.9 Å². The van der Waals surface area contributed by atoms with E-state index < -0.39 is 35.6 Å². The minimum Gasteiger partial charge on any atom is -0.347 e. The highest BCUT2D eigenvalue weighted by Crippen LogP contribution is 2.19. The van der Waals surface area contributed by atoms with Crippen molar-refractivity contribution in [1.29, 1.82) is 0 Å². The van der Waals surface area contributed by atoms with E-state index in [1.165, 1.54) is 0 Å². The van der Waals surface area contributed by atoms with Gasteiger partial charge in [-0.15, -0.1) is 0 Å². The molecule has 0 atom stereocenters. The van der Waals surface area contributed by atoms with Gasteiger partial charge in [0.25, 0.3) is 0 Å². The normalized spacial score (nSPS) is 10.4. The second-order valence-electron chi connectivity index (χ2n) is 5.18. The zero-order valence-corrected chi connectivity index (χ0v) is 13.7. The summed E-state index contributed by atoms with van der Waals surface area (Å²) < 4.78 is 39.3. The summed E-state index contributed by atoms with van der Waals surface area (Å²) in [5, 5.41) is 4.98. The van der Waals surface area contributed by atoms with Crippen molar-refractivity contribution in [2.45, 2.75) is 12.8 Å². The third kappa shape index (κ3) is 5.49. The summed E-state index contributed by atoms with van der Waals surface area (Å²) in [7, 11) is 0. The van der Waals surface area contributed by atoms with Crippen LogP contribution >= 0.6 is 11.6 Å². The maximum atomic E-state index is 13.4. The molecule has 0 fully saturated rings. The van der Waals surface area contributed by atoms with Crippen LogP contribution in [0.2, 0.25) is 5.02 Å². The molecule has 0 radical (unpaired) electrons. The lowest BCUT2D eigenvalue weighted by atomic mass is 10.1. The van der Waals surface area contributed by atoms with Crippen molar-refractivity contribution < 1.29 is 22.8 Å². The van der Waals surface area contributed by atoms with Crippen molar-refractivity contribution in [3.63, 3.8) is 0 Å². The van der Waals surface area contributed by atoms with Crippen molar-refractivity contribution in [1.82, 2.24) is 5.32 Å². The minimum atomic E-state index is -1.68. The summed E-state index contributed by atoms with van der Waals surface area (Å²) in [6, 6.07) is 8.61. The van der Waals surface area contributed by atoms with Gasteiger partial charge in [0.1, 0.15) is 0 Å². The average Bonchev–Trinajstić information content (AvgIpc) is 2.59. The molecule has 0 spiro atoms. The van der Waals surface area contributed by atoms with Crippen LogP contribution in [0.15, 0.2) is 36.4 Å². The Morgan fingerprint density at radius 3 is 2.48 bits per heavy atom. The number of benzene rings is 2. The Kier molecular flexibility index (Phi) is 6.41. The molecule has 0 unspecified atom stereocenters. The summed E-state index contributed by atoms with van der Waals surface area (Å²) in [5.74, 6) is -5.68. The van der Waals surface area contributed by atoms with E-state index in [9.17, 15) is 22.8 Å². The van der Waals surface area contributed by atoms with Crippen molar-refractivity contribution in [3.8, 4) is 0 Å². The van der Waals surface area contributed by atoms with Gasteiger partial charge in [0.05, 0.1) is 12.2 Å². The van der Waals surface area contributed by atoms with Gasteiger partial charge in [-0.1, -0.05) is 23.7 Å². The maximum Gasteiger partial charge on any atom is 0.243 e. The molecule has 0 saturated heterocycles. The smallest absolute Gasteiger partial charge is 0.243 e. The molecule has 132 valence electrons. The summed E-state index contributed by atoms with van der Waals surface area (Å²) in [4.78, 5) is 23.4. The SMILES string of the molecule is O=C(CCc1cccc(Cl)c1)NCC(=O)Nc1ccc(F)c(F)c1F. The second kappa shape index (κ2) is 8.53. The molecule has 0 aliphatic rings. The van der Waals surface area contributed by atoms with Gasteiger partial charge in [0.15, 0.2) is 17.5 Å². The van der Waals surface area contributed by atoms with E-state index in [0.717, 1.165) is 11.6 Å². The number of anilines is 1. The van der Waals surface area contributed by atoms with Gasteiger partial charge in [-0.3, -0.25) is 9.59 Å². The standard InChI is InChI=1S/C17H14ClF3N2O2/c18-11-3-1-2-10(8-11)4-7-14(24)22-9-15(25)23-13-6-5-12(19)16(20)17(13)21/h1-3,5-6,8H,4,7,9H2,(H,22,24)(H,23,25). The number of carbonyl (C=O) groups is 2. The first-order valence-corrected chi connectivity index (χ1v) is 7.69. The number of amides is 2. The van der Waals surface area contributed by atoms with E-state index in [1.54, 1.807) is 18.2 Å². The second-order valence-corrected chi connectivity index (χ2v) is 5.61. The molecule has 2 amide bonds. The molecule has 2 rings (SSSR count). The van der Waals surface area contributed by atoms with Gasteiger partial charge in [-0.25, -0.2) is 13.2 Å². The van der Waals surface area contributed by atoms with Crippen LogP contribution in [0.3, 0.4) is 0 Å². The van der Waals surface area contributed by atoms with Crippen LogP contribution < -0.4 is 10.6 Å². The Morgan fingerprint density at radius 2 is 1.76 bits per heavy atom. The molecular weight excluding hydrogens is 357 g/mol. The van der Waals surface area contributed by atoms with Crippen LogP contribution in [-0.2, 0) is 16.0 Å². The molecule has 0 aliphatic carbocycles. The molecule has 0 heterocycles. The van der Waals surface area contributed by atoms with E-state index >= 15 is 0 Å². The molecule has 4 nitrogen and oxygen atoms in total. The number of aryl methyl sites for hydroxylation is 1. The third-order valence-corrected chi connectivity index (χ3v) is 3.52. The third-order valence-electron chi connectivity index (χ3n) is 3.29. The highest BCUT2D eigenvalue weighted by molar-refractivity contribution is 6.30. The van der Waals surface area contributed by atoms with Crippen molar-refractivity contribution in [2.24, 2.45) is 0 Å². The zero-order chi connectivity index (χ0) is 18.4. The summed E-state index contributed by atoms with van der Waals surface area (Å²) in [5.41, 5.74) is 0.369. The quantitative estimate of drug-likeness (QED) is 0.765. The molecule has 2 N–H and O–H groups in total. The maximum absolute atomic E-state index is 13.4. The Morgan fingerprint density at radius 1 is 1.00 bits per heavy atom. The fourth-order valence-corrected chi connectivity index (χ4v) is 2.25. The highest BCUT2D eigenvalue weighted by Gasteiger charge is 2.15. The average molecular weight is 371 g/mol. The van der Waals surface area contributed by atoms with E-state index in [-0.39, 0.29) is 12.3 Å². The van der Waals surface area contributed by atoms with Gasteiger partial charge in [0, 0.05) is 11.4 Å². The Labute approximate surface area is 147 Å². The van der Waals surface area contributed by atoms with Crippen molar-refractivity contribution >= 4 is 29.1 Å². The topological polar surface area (TPSA) is 58.2 Å². The molecule has 0 bridgehead atoms. The van der Waals surface area contributed by atoms with Gasteiger partial charge in [-0.2, -0.15) is 0 Å². The molecular formula is C17H14ClF3N2O2. The fourth-order valence-electron chi connectivity index (χ4n) is 2.03. The Hall–Kier alpha value is -2.54. The predicted octanol–water partition coefficient (Wildman–Crippen LogP) is 3.44. The zero-order valence-electron chi connectivity index (χ0n) is 12.9. The van der Waals surface area contributed by atoms with Gasteiger partial charge in [0.2, 0.25) is 11.8 Å². The molecule has 0 saturated carbocycles. The van der Waals surface area contributed by atoms with Crippen LogP contribution in [0, 0.1) is 17.5 Å². The van der Waals surface area contributed by atoms with Gasteiger partial charge in [-0.05, 0) is 36.2 Å². The predicted molar refractivity (Wildman–Crippen MR) is 87.7 cm³/mol. The lowest BCUT2D eigenvalue weighted by Crippen LogP contribution is -2.33. The Bertz CT molecular complexity index is 799. The Balaban J connectivity index is 1.80. The molecule has 8 heteroatoms. The van der Waals surface area contributed by atoms with Crippen LogP contribution in [0.25, 0.3) is 0 Å². The number of hydrogen-bond donors (Lipinski definition) is 2. The lowest BCUT2D eigenvalue weighted by molar-refractivity contribution is -0.124. The largest absolute Gasteiger partial charge is 0.347 e. The molecule has 0 aliphatic heterocycles. The number of carbonyl (C=O) groups excluding carboxylic acids is 2. The van der Waals surface area contributed by atoms with Crippen molar-refractivity contribution in [3.05, 3.63) is 64.4 Å². The van der Waals surface area contributed by atoms with E-state index in [2.05, 4.69) is 10.6 Å². The summed E-state index contributed by atoms with van der Waals surface area (Å²) in [6.07, 6.45) is 0.568. The monoisotopic (exact) mass is 370 g/mol. The lowest BCUT2D eigenvalue weighted by Gasteiger charge is -2.08. The van der Waals surface area contributed by atoms with E-state index in [1.807, 2.05) is 6.07 Å². The number of halogens is 4. The number of nitrogens with one attached hydrogen (secondary N) is 2. The van der Waals surface area contributed by atoms with Gasteiger partial charge >= 0.3 is 0 Å². The first-order chi connectivity index (χ1) is 11.9. The van der Waals surface area contributed by atoms with Gasteiger partial charge < -0.3 is 10.6 Å². The first kappa shape index (κ1) is 18.8. The number of rotatable bonds is 6. The number of hydrogen-bond acceptors (Lipinski definition) is 2. The molecule has 2 aromatic carbocycles. The van der Waals surface area contributed by atoms with E-state index in [4.69, 9.17) is 11.6 Å². The van der Waals surface area contributed by atoms with Crippen LogP contribution in [0.4, 0.5) is 18.9 Å². The van der Waals surface area contributed by atoms with Crippen LogP contribution in [0.1, 0.15) is 12.0 Å². The fraction of sp³-hybridized carbons (Fsp3) is 0.176. The minimum absolute atomic E-state index is 0.132. The molecule has 25 heavy (non-hydrogen) atoms. The first-order valence-electron chi connectivity index (χ1n) is 7.31. The molecule has 2 aromatic rings. The highest BCUT2D eigenvalue weighted by atomic mass is 35.5.